The van der Waals surface area contributed by atoms with E-state index in [-0.39, 0.29) is 5.97 Å². The van der Waals surface area contributed by atoms with Gasteiger partial charge in [-0.1, -0.05) is 12.1 Å². The minimum absolute atomic E-state index is 0.299. The number of aromatic nitrogens is 1. The first-order valence-electron chi connectivity index (χ1n) is 7.89. The van der Waals surface area contributed by atoms with Gasteiger partial charge in [-0.3, -0.25) is 4.79 Å². The number of hydrogen-bond acceptors (Lipinski definition) is 6. The molecule has 3 aromatic rings. The molecule has 0 atom stereocenters. The van der Waals surface area contributed by atoms with Crippen LogP contribution in [0.4, 0.5) is 0 Å². The Morgan fingerprint density at radius 3 is 2.56 bits per heavy atom. The first-order chi connectivity index (χ1) is 12.2. The topological polar surface area (TPSA) is 65.5 Å². The number of benzene rings is 2. The molecule has 6 heteroatoms. The van der Waals surface area contributed by atoms with Crippen molar-refractivity contribution in [2.24, 2.45) is 0 Å². The van der Waals surface area contributed by atoms with E-state index in [1.807, 2.05) is 24.3 Å². The second-order valence-corrected chi connectivity index (χ2v) is 6.53. The molecule has 25 heavy (non-hydrogen) atoms. The molecule has 0 aliphatic heterocycles. The number of fused-ring (bicyclic) bond motifs is 1. The Morgan fingerprint density at radius 2 is 1.84 bits per heavy atom. The zero-order valence-corrected chi connectivity index (χ0v) is 14.5. The fraction of sp³-hybridized carbons (Fsp3) is 0.211. The molecule has 5 nitrogen and oxygen atoms in total. The van der Waals surface area contributed by atoms with Crippen LogP contribution >= 0.6 is 11.3 Å². The molecule has 0 N–H and O–H groups in total. The second kappa shape index (κ2) is 7.90. The molecule has 0 spiro atoms. The highest BCUT2D eigenvalue weighted by molar-refractivity contribution is 7.18. The lowest BCUT2D eigenvalue weighted by Crippen LogP contribution is -2.08. The van der Waals surface area contributed by atoms with Gasteiger partial charge in [0.05, 0.1) is 27.9 Å². The average molecular weight is 355 g/mol. The summed E-state index contributed by atoms with van der Waals surface area (Å²) in [4.78, 5) is 27.8. The van der Waals surface area contributed by atoms with Crippen molar-refractivity contribution >= 4 is 33.5 Å². The van der Waals surface area contributed by atoms with Gasteiger partial charge in [-0.25, -0.2) is 9.78 Å². The van der Waals surface area contributed by atoms with Gasteiger partial charge >= 0.3 is 11.9 Å². The van der Waals surface area contributed by atoms with Crippen LogP contribution in [0.2, 0.25) is 0 Å². The predicted octanol–water partition coefficient (Wildman–Crippen LogP) is 4.01. The molecule has 3 rings (SSSR count). The largest absolute Gasteiger partial charge is 0.465 e. The van der Waals surface area contributed by atoms with Gasteiger partial charge in [-0.05, 0) is 49.2 Å². The number of hydrogen-bond donors (Lipinski definition) is 0. The van der Waals surface area contributed by atoms with Crippen molar-refractivity contribution in [1.82, 2.24) is 4.98 Å². The standard InChI is InChI=1S/C19H17NO4S/c1-23-19(22)13-9-11-14(12-10-13)24-18(21)8-4-7-17-20-15-5-2-3-6-16(15)25-17/h2-3,5-6,9-12H,4,7-8H2,1H3. The molecule has 0 aliphatic carbocycles. The first kappa shape index (κ1) is 17.1. The number of aryl methyl sites for hydroxylation is 1. The number of ether oxygens (including phenoxy) is 2. The van der Waals surface area contributed by atoms with Gasteiger partial charge in [-0.2, -0.15) is 0 Å². The minimum atomic E-state index is -0.422. The summed E-state index contributed by atoms with van der Waals surface area (Å²) >= 11 is 1.65. The Hall–Kier alpha value is -2.73. The molecule has 1 aromatic heterocycles. The minimum Gasteiger partial charge on any atom is -0.465 e. The van der Waals surface area contributed by atoms with E-state index in [4.69, 9.17) is 4.74 Å². The number of methoxy groups -OCH3 is 1. The lowest BCUT2D eigenvalue weighted by atomic mass is 10.2. The number of carbonyl (C=O) groups is 2. The zero-order chi connectivity index (χ0) is 17.6. The fourth-order valence-electron chi connectivity index (χ4n) is 2.37. The van der Waals surface area contributed by atoms with E-state index in [1.54, 1.807) is 35.6 Å². The SMILES string of the molecule is COC(=O)c1ccc(OC(=O)CCCc2nc3ccccc3s2)cc1. The van der Waals surface area contributed by atoms with Crippen molar-refractivity contribution < 1.29 is 19.1 Å². The van der Waals surface area contributed by atoms with Gasteiger partial charge in [0.25, 0.3) is 0 Å². The van der Waals surface area contributed by atoms with E-state index >= 15 is 0 Å². The van der Waals surface area contributed by atoms with Gasteiger partial charge in [0, 0.05) is 6.42 Å². The summed E-state index contributed by atoms with van der Waals surface area (Å²) in [6.07, 6.45) is 1.74. The number of carbonyl (C=O) groups excluding carboxylic acids is 2. The molecule has 128 valence electrons. The van der Waals surface area contributed by atoms with Gasteiger partial charge in [-0.15, -0.1) is 11.3 Å². The third kappa shape index (κ3) is 4.42. The number of esters is 2. The predicted molar refractivity (Wildman–Crippen MR) is 96.0 cm³/mol. The van der Waals surface area contributed by atoms with E-state index in [2.05, 4.69) is 9.72 Å². The molecule has 1 heterocycles. The summed E-state index contributed by atoms with van der Waals surface area (Å²) in [6, 6.07) is 14.3. The van der Waals surface area contributed by atoms with Crippen molar-refractivity contribution in [1.29, 1.82) is 0 Å². The number of para-hydroxylation sites is 1. The first-order valence-corrected chi connectivity index (χ1v) is 8.71. The smallest absolute Gasteiger partial charge is 0.337 e. The summed E-state index contributed by atoms with van der Waals surface area (Å²) in [5, 5.41) is 1.02. The van der Waals surface area contributed by atoms with Crippen molar-refractivity contribution in [2.75, 3.05) is 7.11 Å². The van der Waals surface area contributed by atoms with Crippen molar-refractivity contribution in [3.05, 3.63) is 59.1 Å². The number of rotatable bonds is 6. The summed E-state index contributed by atoms with van der Waals surface area (Å²) in [6.45, 7) is 0. The quantitative estimate of drug-likeness (QED) is 0.494. The normalized spacial score (nSPS) is 10.6. The fourth-order valence-corrected chi connectivity index (χ4v) is 3.38. The molecule has 0 aliphatic rings. The maximum Gasteiger partial charge on any atom is 0.337 e. The Morgan fingerprint density at radius 1 is 1.08 bits per heavy atom. The molecule has 0 amide bonds. The molecular formula is C19H17NO4S. The van der Waals surface area contributed by atoms with Crippen LogP contribution in [0.5, 0.6) is 5.75 Å². The highest BCUT2D eigenvalue weighted by Gasteiger charge is 2.09. The lowest BCUT2D eigenvalue weighted by Gasteiger charge is -2.05. The summed E-state index contributed by atoms with van der Waals surface area (Å²) in [7, 11) is 1.32. The molecule has 0 bridgehead atoms. The van der Waals surface area contributed by atoms with Gasteiger partial charge < -0.3 is 9.47 Å². The number of thiazole rings is 1. The zero-order valence-electron chi connectivity index (χ0n) is 13.7. The monoisotopic (exact) mass is 355 g/mol. The van der Waals surface area contributed by atoms with Crippen LogP contribution in [0.1, 0.15) is 28.2 Å². The van der Waals surface area contributed by atoms with Crippen LogP contribution < -0.4 is 4.74 Å². The maximum absolute atomic E-state index is 11.9. The average Bonchev–Trinajstić information content (AvgIpc) is 3.04. The van der Waals surface area contributed by atoms with E-state index in [1.165, 1.54) is 7.11 Å². The molecule has 2 aromatic carbocycles. The molecule has 0 fully saturated rings. The highest BCUT2D eigenvalue weighted by Crippen LogP contribution is 2.23. The summed E-state index contributed by atoms with van der Waals surface area (Å²) in [5.41, 5.74) is 1.41. The molecule has 0 saturated carbocycles. The summed E-state index contributed by atoms with van der Waals surface area (Å²) < 4.78 is 11.1. The van der Waals surface area contributed by atoms with Gasteiger partial charge in [0.1, 0.15) is 5.75 Å². The highest BCUT2D eigenvalue weighted by atomic mass is 32.1. The van der Waals surface area contributed by atoms with Crippen LogP contribution in [-0.2, 0) is 16.0 Å². The number of nitrogens with zero attached hydrogens (tertiary/aromatic N) is 1. The van der Waals surface area contributed by atoms with Gasteiger partial charge in [0.2, 0.25) is 0 Å². The summed E-state index contributed by atoms with van der Waals surface area (Å²) in [5.74, 6) is -0.307. The van der Waals surface area contributed by atoms with Crippen molar-refractivity contribution in [3.8, 4) is 5.75 Å². The van der Waals surface area contributed by atoms with E-state index in [0.29, 0.717) is 24.2 Å². The third-order valence-electron chi connectivity index (χ3n) is 3.62. The molecular weight excluding hydrogens is 338 g/mol. The van der Waals surface area contributed by atoms with Gasteiger partial charge in [0.15, 0.2) is 0 Å². The third-order valence-corrected chi connectivity index (χ3v) is 4.71. The van der Waals surface area contributed by atoms with Crippen LogP contribution in [-0.4, -0.2) is 24.0 Å². The Balaban J connectivity index is 1.48. The molecule has 0 unspecified atom stereocenters. The van der Waals surface area contributed by atoms with Crippen molar-refractivity contribution in [2.45, 2.75) is 19.3 Å². The second-order valence-electron chi connectivity index (χ2n) is 5.42. The maximum atomic E-state index is 11.9. The Bertz CT molecular complexity index is 853. The molecule has 0 radical (unpaired) electrons. The molecule has 0 saturated heterocycles. The lowest BCUT2D eigenvalue weighted by molar-refractivity contribution is -0.134. The van der Waals surface area contributed by atoms with Crippen LogP contribution in [0.25, 0.3) is 10.2 Å². The van der Waals surface area contributed by atoms with Crippen LogP contribution in [0.15, 0.2) is 48.5 Å². The van der Waals surface area contributed by atoms with Crippen LogP contribution in [0.3, 0.4) is 0 Å². The van der Waals surface area contributed by atoms with Crippen LogP contribution in [0, 0.1) is 0 Å². The Kier molecular flexibility index (Phi) is 5.40. The van der Waals surface area contributed by atoms with E-state index < -0.39 is 5.97 Å². The van der Waals surface area contributed by atoms with E-state index in [0.717, 1.165) is 21.6 Å². The van der Waals surface area contributed by atoms with Crippen molar-refractivity contribution in [3.63, 3.8) is 0 Å². The van der Waals surface area contributed by atoms with E-state index in [9.17, 15) is 9.59 Å². The Labute approximate surface area is 149 Å².